The van der Waals surface area contributed by atoms with E-state index < -0.39 is 0 Å². The normalized spacial score (nSPS) is 18.0. The van der Waals surface area contributed by atoms with E-state index in [9.17, 15) is 4.79 Å². The van der Waals surface area contributed by atoms with Gasteiger partial charge in [0, 0.05) is 37.2 Å². The molecule has 3 rings (SSSR count). The lowest BCUT2D eigenvalue weighted by atomic mass is 10.0. The number of aryl methyl sites for hydroxylation is 2. The zero-order valence-electron chi connectivity index (χ0n) is 13.1. The summed E-state index contributed by atoms with van der Waals surface area (Å²) in [5.74, 6) is 0.0218. The molecule has 1 atom stereocenters. The van der Waals surface area contributed by atoms with Crippen molar-refractivity contribution in [2.45, 2.75) is 32.7 Å². The molecule has 0 saturated carbocycles. The van der Waals surface area contributed by atoms with Crippen LogP contribution < -0.4 is 5.73 Å². The predicted molar refractivity (Wildman–Crippen MR) is 82.1 cm³/mol. The lowest BCUT2D eigenvalue weighted by Gasteiger charge is -2.25. The number of hydrogen-bond acceptors (Lipinski definition) is 5. The molecule has 1 amide bonds. The van der Waals surface area contributed by atoms with Crippen LogP contribution in [0.4, 0.5) is 5.82 Å². The minimum atomic E-state index is -0.157. The Hall–Kier alpha value is -2.44. The fourth-order valence-corrected chi connectivity index (χ4v) is 3.23. The number of amides is 1. The largest absolute Gasteiger partial charge is 0.382 e. The quantitative estimate of drug-likeness (QED) is 0.905. The van der Waals surface area contributed by atoms with E-state index in [4.69, 9.17) is 5.73 Å². The van der Waals surface area contributed by atoms with E-state index in [1.54, 1.807) is 0 Å². The van der Waals surface area contributed by atoms with Crippen LogP contribution in [0.25, 0.3) is 0 Å². The number of carbonyl (C=O) groups is 1. The number of anilines is 1. The number of nitrogens with two attached hydrogens (primary N) is 1. The fraction of sp³-hybridized carbons (Fsp3) is 0.467. The lowest BCUT2D eigenvalue weighted by Crippen LogP contribution is -2.32. The highest BCUT2D eigenvalue weighted by molar-refractivity contribution is 5.96. The summed E-state index contributed by atoms with van der Waals surface area (Å²) in [5, 5.41) is 4.47. The van der Waals surface area contributed by atoms with E-state index in [-0.39, 0.29) is 23.5 Å². The van der Waals surface area contributed by atoms with Gasteiger partial charge in [0.2, 0.25) is 0 Å². The molecule has 1 saturated heterocycles. The van der Waals surface area contributed by atoms with Crippen molar-refractivity contribution in [2.75, 3.05) is 12.3 Å². The molecule has 2 aromatic rings. The number of rotatable bonds is 2. The third-order valence-electron chi connectivity index (χ3n) is 4.34. The predicted octanol–water partition coefficient (Wildman–Crippen LogP) is 1.39. The molecule has 22 heavy (non-hydrogen) atoms. The lowest BCUT2D eigenvalue weighted by molar-refractivity contribution is 0.0730. The van der Waals surface area contributed by atoms with Crippen LogP contribution in [0, 0.1) is 13.8 Å². The van der Waals surface area contributed by atoms with Gasteiger partial charge in [0.25, 0.3) is 5.91 Å². The molecule has 0 aliphatic carbocycles. The molecule has 2 aromatic heterocycles. The third kappa shape index (κ3) is 2.22. The maximum absolute atomic E-state index is 12.8. The van der Waals surface area contributed by atoms with Gasteiger partial charge in [0.05, 0.1) is 11.7 Å². The molecule has 7 nitrogen and oxygen atoms in total. The van der Waals surface area contributed by atoms with Gasteiger partial charge in [-0.15, -0.1) is 0 Å². The van der Waals surface area contributed by atoms with Crippen LogP contribution in [0.1, 0.15) is 46.3 Å². The molecule has 3 heterocycles. The SMILES string of the molecule is Cc1nn(C)c(C)c1[C@@H]1CCCN1C(=O)c1nccnc1N. The first-order valence-electron chi connectivity index (χ1n) is 7.38. The van der Waals surface area contributed by atoms with Gasteiger partial charge in [-0.1, -0.05) is 0 Å². The summed E-state index contributed by atoms with van der Waals surface area (Å²) < 4.78 is 1.86. The molecule has 1 aliphatic heterocycles. The van der Waals surface area contributed by atoms with Crippen molar-refractivity contribution in [3.8, 4) is 0 Å². The van der Waals surface area contributed by atoms with Gasteiger partial charge in [-0.05, 0) is 26.7 Å². The highest BCUT2D eigenvalue weighted by Gasteiger charge is 2.35. The zero-order chi connectivity index (χ0) is 15.9. The Bertz CT molecular complexity index is 723. The molecule has 0 unspecified atom stereocenters. The monoisotopic (exact) mass is 300 g/mol. The summed E-state index contributed by atoms with van der Waals surface area (Å²) in [7, 11) is 1.92. The first-order chi connectivity index (χ1) is 10.5. The minimum absolute atomic E-state index is 0.0302. The van der Waals surface area contributed by atoms with Crippen molar-refractivity contribution >= 4 is 11.7 Å². The van der Waals surface area contributed by atoms with Crippen molar-refractivity contribution < 1.29 is 4.79 Å². The van der Waals surface area contributed by atoms with Crippen LogP contribution >= 0.6 is 0 Å². The molecule has 1 aliphatic rings. The van der Waals surface area contributed by atoms with Crippen molar-refractivity contribution in [3.05, 3.63) is 35.0 Å². The van der Waals surface area contributed by atoms with E-state index in [0.29, 0.717) is 6.54 Å². The van der Waals surface area contributed by atoms with E-state index in [1.807, 2.05) is 30.5 Å². The Labute approximate surface area is 129 Å². The fourth-order valence-electron chi connectivity index (χ4n) is 3.23. The topological polar surface area (TPSA) is 89.9 Å². The number of hydrogen-bond donors (Lipinski definition) is 1. The number of aromatic nitrogens is 4. The van der Waals surface area contributed by atoms with Crippen LogP contribution in [0.2, 0.25) is 0 Å². The maximum Gasteiger partial charge on any atom is 0.276 e. The molecule has 7 heteroatoms. The summed E-state index contributed by atoms with van der Waals surface area (Å²) >= 11 is 0. The zero-order valence-corrected chi connectivity index (χ0v) is 13.1. The first-order valence-corrected chi connectivity index (χ1v) is 7.38. The average molecular weight is 300 g/mol. The molecule has 1 fully saturated rings. The van der Waals surface area contributed by atoms with Gasteiger partial charge in [0.1, 0.15) is 0 Å². The van der Waals surface area contributed by atoms with Crippen LogP contribution in [-0.4, -0.2) is 37.1 Å². The van der Waals surface area contributed by atoms with Crippen molar-refractivity contribution in [1.82, 2.24) is 24.6 Å². The van der Waals surface area contributed by atoms with Crippen LogP contribution in [-0.2, 0) is 7.05 Å². The van der Waals surface area contributed by atoms with E-state index in [1.165, 1.54) is 12.4 Å². The highest BCUT2D eigenvalue weighted by atomic mass is 16.2. The van der Waals surface area contributed by atoms with Crippen LogP contribution in [0.5, 0.6) is 0 Å². The smallest absolute Gasteiger partial charge is 0.276 e. The number of nitrogens with zero attached hydrogens (tertiary/aromatic N) is 5. The molecule has 0 spiro atoms. The van der Waals surface area contributed by atoms with Gasteiger partial charge < -0.3 is 10.6 Å². The average Bonchev–Trinajstić information content (AvgIpc) is 3.04. The van der Waals surface area contributed by atoms with Crippen LogP contribution in [0.3, 0.4) is 0 Å². The summed E-state index contributed by atoms with van der Waals surface area (Å²) in [5.41, 5.74) is 9.23. The number of carbonyl (C=O) groups excluding carboxylic acids is 1. The summed E-state index contributed by atoms with van der Waals surface area (Å²) in [6.07, 6.45) is 4.88. The second kappa shape index (κ2) is 5.40. The standard InChI is InChI=1S/C15H20N6O/c1-9-12(10(2)20(3)19-9)11-5-4-8-21(11)15(22)13-14(16)18-7-6-17-13/h6-7,11H,4-5,8H2,1-3H3,(H2,16,18)/t11-/m0/s1. The Kier molecular flexibility index (Phi) is 3.56. The third-order valence-corrected chi connectivity index (χ3v) is 4.34. The Balaban J connectivity index is 1.97. The van der Waals surface area contributed by atoms with Crippen molar-refractivity contribution in [1.29, 1.82) is 0 Å². The molecule has 0 bridgehead atoms. The Morgan fingerprint density at radius 3 is 2.68 bits per heavy atom. The highest BCUT2D eigenvalue weighted by Crippen LogP contribution is 2.36. The summed E-state index contributed by atoms with van der Waals surface area (Å²) in [6, 6.07) is 0.0302. The van der Waals surface area contributed by atoms with Gasteiger partial charge in [0.15, 0.2) is 11.5 Å². The first kappa shape index (κ1) is 14.5. The molecule has 0 radical (unpaired) electrons. The van der Waals surface area contributed by atoms with Gasteiger partial charge in [-0.25, -0.2) is 9.97 Å². The maximum atomic E-state index is 12.8. The minimum Gasteiger partial charge on any atom is -0.382 e. The number of likely N-dealkylation sites (tertiary alicyclic amines) is 1. The summed E-state index contributed by atoms with van der Waals surface area (Å²) in [6.45, 7) is 4.72. The van der Waals surface area contributed by atoms with Crippen LogP contribution in [0.15, 0.2) is 12.4 Å². The molecular formula is C15H20N6O. The number of nitrogen functional groups attached to an aromatic ring is 1. The van der Waals surface area contributed by atoms with E-state index in [0.717, 1.165) is 29.8 Å². The van der Waals surface area contributed by atoms with Gasteiger partial charge in [-0.3, -0.25) is 9.48 Å². The second-order valence-electron chi connectivity index (χ2n) is 5.65. The van der Waals surface area contributed by atoms with Gasteiger partial charge >= 0.3 is 0 Å². The molecule has 0 aromatic carbocycles. The van der Waals surface area contributed by atoms with Gasteiger partial charge in [-0.2, -0.15) is 5.10 Å². The summed E-state index contributed by atoms with van der Waals surface area (Å²) in [4.78, 5) is 22.7. The second-order valence-corrected chi connectivity index (χ2v) is 5.65. The van der Waals surface area contributed by atoms with Crippen molar-refractivity contribution in [2.24, 2.45) is 7.05 Å². The molecule has 116 valence electrons. The molecule has 2 N–H and O–H groups in total. The Morgan fingerprint density at radius 2 is 2.05 bits per heavy atom. The van der Waals surface area contributed by atoms with Crippen molar-refractivity contribution in [3.63, 3.8) is 0 Å². The molecular weight excluding hydrogens is 280 g/mol. The Morgan fingerprint density at radius 1 is 1.32 bits per heavy atom. The van der Waals surface area contributed by atoms with E-state index >= 15 is 0 Å². The van der Waals surface area contributed by atoms with E-state index in [2.05, 4.69) is 15.1 Å².